The smallest absolute Gasteiger partial charge is 0.0582 e. The second-order valence-electron chi connectivity index (χ2n) is 5.03. The second-order valence-corrected chi connectivity index (χ2v) is 6.15. The van der Waals surface area contributed by atoms with Gasteiger partial charge in [0.2, 0.25) is 0 Å². The Hall–Kier alpha value is -1.12. The average molecular weight is 259 g/mol. The highest BCUT2D eigenvalue weighted by molar-refractivity contribution is 7.10. The monoisotopic (exact) mass is 259 g/mol. The van der Waals surface area contributed by atoms with E-state index in [1.165, 1.54) is 21.6 Å². The summed E-state index contributed by atoms with van der Waals surface area (Å²) in [6.07, 6.45) is 0. The van der Waals surface area contributed by atoms with E-state index in [4.69, 9.17) is 0 Å². The van der Waals surface area contributed by atoms with Gasteiger partial charge in [0, 0.05) is 4.88 Å². The summed E-state index contributed by atoms with van der Waals surface area (Å²) in [7, 11) is 2.02. The van der Waals surface area contributed by atoms with Crippen LogP contribution in [0.5, 0.6) is 0 Å². The van der Waals surface area contributed by atoms with Crippen LogP contribution in [0.25, 0.3) is 0 Å². The molecule has 1 atom stereocenters. The molecule has 1 unspecified atom stereocenters. The fourth-order valence-electron chi connectivity index (χ4n) is 2.21. The van der Waals surface area contributed by atoms with E-state index in [9.17, 15) is 0 Å². The first-order valence-corrected chi connectivity index (χ1v) is 7.32. The maximum absolute atomic E-state index is 3.40. The standard InChI is InChI=1S/C16H21NS/c1-11(2)13-5-7-14(8-6-13)16(17-4)15-9-12(3)18-10-15/h5-11,16-17H,1-4H3. The lowest BCUT2D eigenvalue weighted by atomic mass is 9.96. The molecule has 0 aliphatic carbocycles. The summed E-state index contributed by atoms with van der Waals surface area (Å²) in [5.41, 5.74) is 4.09. The van der Waals surface area contributed by atoms with Crippen LogP contribution >= 0.6 is 11.3 Å². The minimum Gasteiger partial charge on any atom is -0.309 e. The third-order valence-corrected chi connectivity index (χ3v) is 4.19. The van der Waals surface area contributed by atoms with Crippen LogP contribution < -0.4 is 5.32 Å². The molecule has 96 valence electrons. The van der Waals surface area contributed by atoms with Gasteiger partial charge < -0.3 is 5.32 Å². The Morgan fingerprint density at radius 3 is 2.06 bits per heavy atom. The van der Waals surface area contributed by atoms with Gasteiger partial charge in [-0.25, -0.2) is 0 Å². The van der Waals surface area contributed by atoms with Gasteiger partial charge in [-0.2, -0.15) is 0 Å². The minimum atomic E-state index is 0.302. The molecular weight excluding hydrogens is 238 g/mol. The van der Waals surface area contributed by atoms with Gasteiger partial charge in [0.25, 0.3) is 0 Å². The van der Waals surface area contributed by atoms with Gasteiger partial charge in [-0.3, -0.25) is 0 Å². The molecule has 0 radical (unpaired) electrons. The van der Waals surface area contributed by atoms with E-state index in [2.05, 4.69) is 61.8 Å². The van der Waals surface area contributed by atoms with Gasteiger partial charge in [-0.15, -0.1) is 11.3 Å². The molecule has 0 amide bonds. The first-order chi connectivity index (χ1) is 8.61. The van der Waals surface area contributed by atoms with Crippen molar-refractivity contribution in [2.24, 2.45) is 0 Å². The summed E-state index contributed by atoms with van der Waals surface area (Å²) in [6.45, 7) is 6.61. The van der Waals surface area contributed by atoms with E-state index in [0.717, 1.165) is 0 Å². The zero-order valence-corrected chi connectivity index (χ0v) is 12.3. The van der Waals surface area contributed by atoms with Crippen LogP contribution in [0.3, 0.4) is 0 Å². The highest BCUT2D eigenvalue weighted by Crippen LogP contribution is 2.27. The number of aryl methyl sites for hydroxylation is 1. The van der Waals surface area contributed by atoms with Crippen LogP contribution in [-0.4, -0.2) is 7.05 Å². The molecule has 1 N–H and O–H groups in total. The van der Waals surface area contributed by atoms with Crippen LogP contribution in [-0.2, 0) is 0 Å². The van der Waals surface area contributed by atoms with E-state index in [0.29, 0.717) is 12.0 Å². The lowest BCUT2D eigenvalue weighted by Crippen LogP contribution is -2.16. The summed E-state index contributed by atoms with van der Waals surface area (Å²) >= 11 is 1.81. The molecule has 18 heavy (non-hydrogen) atoms. The molecule has 0 aliphatic rings. The molecule has 0 aliphatic heterocycles. The highest BCUT2D eigenvalue weighted by atomic mass is 32.1. The van der Waals surface area contributed by atoms with E-state index >= 15 is 0 Å². The zero-order chi connectivity index (χ0) is 13.1. The number of nitrogens with one attached hydrogen (secondary N) is 1. The highest BCUT2D eigenvalue weighted by Gasteiger charge is 2.13. The van der Waals surface area contributed by atoms with Gasteiger partial charge in [0.15, 0.2) is 0 Å². The first kappa shape index (κ1) is 13.3. The van der Waals surface area contributed by atoms with E-state index in [1.54, 1.807) is 0 Å². The summed E-state index contributed by atoms with van der Waals surface area (Å²) in [5.74, 6) is 0.593. The molecular formula is C16H21NS. The van der Waals surface area contributed by atoms with Gasteiger partial charge in [-0.05, 0) is 48.0 Å². The van der Waals surface area contributed by atoms with Crippen molar-refractivity contribution >= 4 is 11.3 Å². The topological polar surface area (TPSA) is 12.0 Å². The van der Waals surface area contributed by atoms with Crippen LogP contribution in [0.2, 0.25) is 0 Å². The summed E-state index contributed by atoms with van der Waals surface area (Å²) in [6, 6.07) is 11.5. The van der Waals surface area contributed by atoms with Crippen LogP contribution in [0.15, 0.2) is 35.7 Å². The van der Waals surface area contributed by atoms with Crippen molar-refractivity contribution in [2.75, 3.05) is 7.05 Å². The van der Waals surface area contributed by atoms with Crippen molar-refractivity contribution in [1.29, 1.82) is 0 Å². The lowest BCUT2D eigenvalue weighted by molar-refractivity contribution is 0.693. The van der Waals surface area contributed by atoms with Crippen LogP contribution in [0.1, 0.15) is 47.4 Å². The van der Waals surface area contributed by atoms with Gasteiger partial charge in [0.1, 0.15) is 0 Å². The summed E-state index contributed by atoms with van der Waals surface area (Å²) in [5, 5.41) is 5.65. The largest absolute Gasteiger partial charge is 0.309 e. The molecule has 2 heteroatoms. The van der Waals surface area contributed by atoms with Gasteiger partial charge >= 0.3 is 0 Å². The second kappa shape index (κ2) is 5.68. The average Bonchev–Trinajstić information content (AvgIpc) is 2.77. The fraction of sp³-hybridized carbons (Fsp3) is 0.375. The van der Waals surface area contributed by atoms with E-state index in [-0.39, 0.29) is 0 Å². The Balaban J connectivity index is 2.28. The Morgan fingerprint density at radius 2 is 1.61 bits per heavy atom. The SMILES string of the molecule is CNC(c1ccc(C(C)C)cc1)c1csc(C)c1. The number of rotatable bonds is 4. The quantitative estimate of drug-likeness (QED) is 0.853. The van der Waals surface area contributed by atoms with Crippen LogP contribution in [0.4, 0.5) is 0 Å². The molecule has 2 aromatic rings. The lowest BCUT2D eigenvalue weighted by Gasteiger charge is -2.16. The summed E-state index contributed by atoms with van der Waals surface area (Å²) in [4.78, 5) is 1.36. The molecule has 0 saturated heterocycles. The zero-order valence-electron chi connectivity index (χ0n) is 11.5. The molecule has 2 rings (SSSR count). The predicted octanol–water partition coefficient (Wildman–Crippen LogP) is 4.49. The van der Waals surface area contributed by atoms with Crippen molar-refractivity contribution < 1.29 is 0 Å². The van der Waals surface area contributed by atoms with E-state index < -0.39 is 0 Å². The maximum Gasteiger partial charge on any atom is 0.0582 e. The van der Waals surface area contributed by atoms with E-state index in [1.807, 2.05) is 18.4 Å². The molecule has 1 heterocycles. The first-order valence-electron chi connectivity index (χ1n) is 6.44. The Bertz CT molecular complexity index is 496. The molecule has 0 saturated carbocycles. The number of hydrogen-bond donors (Lipinski definition) is 1. The number of thiophene rings is 1. The number of benzene rings is 1. The summed E-state index contributed by atoms with van der Waals surface area (Å²) < 4.78 is 0. The fourth-order valence-corrected chi connectivity index (χ4v) is 2.94. The Labute approximate surface area is 114 Å². The van der Waals surface area contributed by atoms with Crippen molar-refractivity contribution in [3.8, 4) is 0 Å². The molecule has 1 aromatic heterocycles. The molecule has 0 fully saturated rings. The predicted molar refractivity (Wildman–Crippen MR) is 80.5 cm³/mol. The van der Waals surface area contributed by atoms with Crippen molar-refractivity contribution in [2.45, 2.75) is 32.7 Å². The van der Waals surface area contributed by atoms with Gasteiger partial charge in [0.05, 0.1) is 6.04 Å². The molecule has 1 aromatic carbocycles. The third kappa shape index (κ3) is 2.82. The Kier molecular flexibility index (Phi) is 4.20. The Morgan fingerprint density at radius 1 is 1.00 bits per heavy atom. The molecule has 0 bridgehead atoms. The van der Waals surface area contributed by atoms with Gasteiger partial charge in [-0.1, -0.05) is 38.1 Å². The van der Waals surface area contributed by atoms with Crippen molar-refractivity contribution in [1.82, 2.24) is 5.32 Å². The molecule has 1 nitrogen and oxygen atoms in total. The maximum atomic E-state index is 3.40. The number of hydrogen-bond acceptors (Lipinski definition) is 2. The van der Waals surface area contributed by atoms with Crippen molar-refractivity contribution in [3.63, 3.8) is 0 Å². The van der Waals surface area contributed by atoms with Crippen molar-refractivity contribution in [3.05, 3.63) is 57.3 Å². The normalized spacial score (nSPS) is 12.9. The third-order valence-electron chi connectivity index (χ3n) is 3.31. The molecule has 0 spiro atoms. The minimum absolute atomic E-state index is 0.302. The van der Waals surface area contributed by atoms with Crippen LogP contribution in [0, 0.1) is 6.92 Å².